The van der Waals surface area contributed by atoms with Crippen LogP contribution in [0.3, 0.4) is 0 Å². The number of amides is 2. The standard InChI is InChI=1S/C13H13IN2O2/c14-9-3-1-4-10(7-9)16-8-12(17)15-6-2-5-11(15)13(16)18/h1,3-4,7,11H,2,5-6,8H2. The Morgan fingerprint density at radius 1 is 1.28 bits per heavy atom. The smallest absolute Gasteiger partial charge is 0.250 e. The Morgan fingerprint density at radius 2 is 2.11 bits per heavy atom. The molecule has 0 bridgehead atoms. The van der Waals surface area contributed by atoms with E-state index in [-0.39, 0.29) is 24.4 Å². The van der Waals surface area contributed by atoms with Gasteiger partial charge in [-0.15, -0.1) is 0 Å². The average molecular weight is 356 g/mol. The zero-order valence-corrected chi connectivity index (χ0v) is 12.0. The third-order valence-electron chi connectivity index (χ3n) is 3.54. The van der Waals surface area contributed by atoms with Gasteiger partial charge in [-0.3, -0.25) is 9.59 Å². The Balaban J connectivity index is 1.93. The Morgan fingerprint density at radius 3 is 2.89 bits per heavy atom. The number of carbonyl (C=O) groups is 2. The van der Waals surface area contributed by atoms with Crippen molar-refractivity contribution in [1.82, 2.24) is 4.90 Å². The molecule has 2 saturated heterocycles. The van der Waals surface area contributed by atoms with Gasteiger partial charge in [-0.05, 0) is 53.6 Å². The monoisotopic (exact) mass is 356 g/mol. The van der Waals surface area contributed by atoms with E-state index in [1.54, 1.807) is 9.80 Å². The summed E-state index contributed by atoms with van der Waals surface area (Å²) in [5.74, 6) is 0.130. The molecule has 94 valence electrons. The molecule has 2 aliphatic rings. The largest absolute Gasteiger partial charge is 0.329 e. The molecule has 1 atom stereocenters. The lowest BCUT2D eigenvalue weighted by Crippen LogP contribution is -2.57. The lowest BCUT2D eigenvalue weighted by Gasteiger charge is -2.36. The first-order valence-electron chi connectivity index (χ1n) is 6.03. The van der Waals surface area contributed by atoms with Gasteiger partial charge in [-0.1, -0.05) is 6.07 Å². The summed E-state index contributed by atoms with van der Waals surface area (Å²) in [6.45, 7) is 0.908. The summed E-state index contributed by atoms with van der Waals surface area (Å²) in [7, 11) is 0. The van der Waals surface area contributed by atoms with Gasteiger partial charge in [0.05, 0.1) is 0 Å². The van der Waals surface area contributed by atoms with Crippen molar-refractivity contribution < 1.29 is 9.59 Å². The SMILES string of the molecule is O=C1C2CCCN2C(=O)CN1c1cccc(I)c1. The number of hydrogen-bond donors (Lipinski definition) is 0. The van der Waals surface area contributed by atoms with Crippen molar-refractivity contribution in [3.63, 3.8) is 0 Å². The molecule has 3 rings (SSSR count). The first-order chi connectivity index (χ1) is 8.66. The molecule has 4 nitrogen and oxygen atoms in total. The van der Waals surface area contributed by atoms with Crippen molar-refractivity contribution in [1.29, 1.82) is 0 Å². The van der Waals surface area contributed by atoms with E-state index in [1.165, 1.54) is 0 Å². The molecule has 2 fully saturated rings. The van der Waals surface area contributed by atoms with Crippen LogP contribution >= 0.6 is 22.6 Å². The molecule has 1 aromatic rings. The zero-order chi connectivity index (χ0) is 12.7. The molecule has 0 saturated carbocycles. The van der Waals surface area contributed by atoms with Crippen LogP contribution in [0, 0.1) is 3.57 Å². The van der Waals surface area contributed by atoms with E-state index in [0.717, 1.165) is 28.6 Å². The van der Waals surface area contributed by atoms with E-state index in [2.05, 4.69) is 22.6 Å². The highest BCUT2D eigenvalue weighted by atomic mass is 127. The molecule has 2 amide bonds. The quantitative estimate of drug-likeness (QED) is 0.718. The van der Waals surface area contributed by atoms with Gasteiger partial charge in [0, 0.05) is 15.8 Å². The summed E-state index contributed by atoms with van der Waals surface area (Å²) < 4.78 is 1.07. The minimum Gasteiger partial charge on any atom is -0.329 e. The van der Waals surface area contributed by atoms with Crippen molar-refractivity contribution in [3.8, 4) is 0 Å². The number of carbonyl (C=O) groups excluding carboxylic acids is 2. The highest BCUT2D eigenvalue weighted by Gasteiger charge is 2.42. The first kappa shape index (κ1) is 12.0. The molecule has 0 N–H and O–H groups in total. The fourth-order valence-corrected chi connectivity index (χ4v) is 3.20. The van der Waals surface area contributed by atoms with E-state index in [0.29, 0.717) is 0 Å². The van der Waals surface area contributed by atoms with E-state index in [1.807, 2.05) is 24.3 Å². The van der Waals surface area contributed by atoms with Crippen molar-refractivity contribution in [3.05, 3.63) is 27.8 Å². The first-order valence-corrected chi connectivity index (χ1v) is 7.11. The average Bonchev–Trinajstić information content (AvgIpc) is 2.83. The molecule has 5 heteroatoms. The number of halogens is 1. The number of piperazine rings is 1. The Hall–Kier alpha value is -1.11. The number of rotatable bonds is 1. The molecule has 18 heavy (non-hydrogen) atoms. The fraction of sp³-hybridized carbons (Fsp3) is 0.385. The maximum Gasteiger partial charge on any atom is 0.250 e. The van der Waals surface area contributed by atoms with Crippen LogP contribution in [0.25, 0.3) is 0 Å². The number of nitrogens with zero attached hydrogens (tertiary/aromatic N) is 2. The maximum absolute atomic E-state index is 12.4. The summed E-state index contributed by atoms with van der Waals surface area (Å²) in [6.07, 6.45) is 1.73. The van der Waals surface area contributed by atoms with Gasteiger partial charge < -0.3 is 9.80 Å². The van der Waals surface area contributed by atoms with E-state index < -0.39 is 0 Å². The lowest BCUT2D eigenvalue weighted by atomic mass is 10.1. The summed E-state index contributed by atoms with van der Waals surface area (Å²) in [6, 6.07) is 7.48. The van der Waals surface area contributed by atoms with Crippen LogP contribution in [-0.2, 0) is 9.59 Å². The minimum absolute atomic E-state index is 0.0640. The molecule has 0 aromatic heterocycles. The van der Waals surface area contributed by atoms with Crippen molar-refractivity contribution in [2.75, 3.05) is 18.0 Å². The minimum atomic E-state index is -0.232. The fourth-order valence-electron chi connectivity index (χ4n) is 2.67. The number of fused-ring (bicyclic) bond motifs is 1. The van der Waals surface area contributed by atoms with Gasteiger partial charge in [-0.2, -0.15) is 0 Å². The second kappa shape index (κ2) is 4.53. The Kier molecular flexibility index (Phi) is 3.01. The predicted molar refractivity (Wildman–Crippen MR) is 76.2 cm³/mol. The number of benzene rings is 1. The maximum atomic E-state index is 12.4. The zero-order valence-electron chi connectivity index (χ0n) is 9.80. The van der Waals surface area contributed by atoms with E-state index in [9.17, 15) is 9.59 Å². The van der Waals surface area contributed by atoms with Crippen LogP contribution in [0.15, 0.2) is 24.3 Å². The van der Waals surface area contributed by atoms with Gasteiger partial charge in [0.1, 0.15) is 12.6 Å². The highest BCUT2D eigenvalue weighted by Crippen LogP contribution is 2.27. The molecule has 0 radical (unpaired) electrons. The highest BCUT2D eigenvalue weighted by molar-refractivity contribution is 14.1. The molecular weight excluding hydrogens is 343 g/mol. The van der Waals surface area contributed by atoms with Crippen LogP contribution in [0.2, 0.25) is 0 Å². The third-order valence-corrected chi connectivity index (χ3v) is 4.21. The summed E-state index contributed by atoms with van der Waals surface area (Å²) >= 11 is 2.21. The topological polar surface area (TPSA) is 40.6 Å². The third kappa shape index (κ3) is 1.90. The van der Waals surface area contributed by atoms with Crippen LogP contribution < -0.4 is 4.90 Å². The van der Waals surface area contributed by atoms with Gasteiger partial charge in [0.2, 0.25) is 11.8 Å². The predicted octanol–water partition coefficient (Wildman–Crippen LogP) is 1.63. The molecule has 1 aromatic carbocycles. The van der Waals surface area contributed by atoms with E-state index >= 15 is 0 Å². The van der Waals surface area contributed by atoms with E-state index in [4.69, 9.17) is 0 Å². The normalized spacial score (nSPS) is 23.5. The summed E-state index contributed by atoms with van der Waals surface area (Å²) in [5.41, 5.74) is 0.826. The molecule has 2 heterocycles. The number of hydrogen-bond acceptors (Lipinski definition) is 2. The van der Waals surface area contributed by atoms with Crippen molar-refractivity contribution in [2.45, 2.75) is 18.9 Å². The van der Waals surface area contributed by atoms with Crippen LogP contribution in [-0.4, -0.2) is 35.8 Å². The second-order valence-electron chi connectivity index (χ2n) is 4.65. The second-order valence-corrected chi connectivity index (χ2v) is 5.90. The van der Waals surface area contributed by atoms with Crippen LogP contribution in [0.1, 0.15) is 12.8 Å². The number of anilines is 1. The van der Waals surface area contributed by atoms with Gasteiger partial charge >= 0.3 is 0 Å². The van der Waals surface area contributed by atoms with Crippen molar-refractivity contribution in [2.24, 2.45) is 0 Å². The Labute approximate surface area is 119 Å². The molecular formula is C13H13IN2O2. The van der Waals surface area contributed by atoms with Crippen molar-refractivity contribution >= 4 is 40.1 Å². The van der Waals surface area contributed by atoms with Crippen LogP contribution in [0.5, 0.6) is 0 Å². The summed E-state index contributed by atoms with van der Waals surface area (Å²) in [5, 5.41) is 0. The van der Waals surface area contributed by atoms with Crippen LogP contribution in [0.4, 0.5) is 5.69 Å². The lowest BCUT2D eigenvalue weighted by molar-refractivity contribution is -0.140. The molecule has 2 aliphatic heterocycles. The van der Waals surface area contributed by atoms with Gasteiger partial charge in [0.25, 0.3) is 0 Å². The van der Waals surface area contributed by atoms with Gasteiger partial charge in [0.15, 0.2) is 0 Å². The molecule has 0 aliphatic carbocycles. The summed E-state index contributed by atoms with van der Waals surface area (Å²) in [4.78, 5) is 27.8. The molecule has 1 unspecified atom stereocenters. The molecule has 0 spiro atoms. The Bertz CT molecular complexity index is 517. The van der Waals surface area contributed by atoms with Gasteiger partial charge in [-0.25, -0.2) is 0 Å².